The van der Waals surface area contributed by atoms with Gasteiger partial charge in [0.2, 0.25) is 5.91 Å². The van der Waals surface area contributed by atoms with E-state index in [-0.39, 0.29) is 17.9 Å². The molecule has 176 valence electrons. The van der Waals surface area contributed by atoms with Crippen molar-refractivity contribution in [2.75, 3.05) is 26.2 Å². The van der Waals surface area contributed by atoms with E-state index in [2.05, 4.69) is 31.3 Å². The third kappa shape index (κ3) is 7.16. The number of aliphatic hydroxyl groups is 2. The molecular weight excluding hydrogens is 388 g/mol. The number of carbonyl (C=O) groups excluding carboxylic acids is 1. The molecule has 5 heteroatoms. The fraction of sp³-hybridized carbons (Fsp3) is 0.808. The number of likely N-dealkylation sites (tertiary alicyclic amines) is 1. The minimum Gasteiger partial charge on any atom is -0.392 e. The molecule has 5 nitrogen and oxygen atoms in total. The maximum Gasteiger partial charge on any atom is 0.223 e. The molecule has 1 aliphatic heterocycles. The van der Waals surface area contributed by atoms with Gasteiger partial charge in [-0.05, 0) is 49.9 Å². The summed E-state index contributed by atoms with van der Waals surface area (Å²) < 4.78 is 0. The van der Waals surface area contributed by atoms with Crippen LogP contribution in [0.4, 0.5) is 0 Å². The van der Waals surface area contributed by atoms with E-state index in [4.69, 9.17) is 0 Å². The molecule has 0 aromatic heterocycles. The predicted octanol–water partition coefficient (Wildman–Crippen LogP) is 3.67. The zero-order valence-electron chi connectivity index (χ0n) is 19.6. The van der Waals surface area contributed by atoms with Gasteiger partial charge in [0, 0.05) is 38.5 Å². The highest BCUT2D eigenvalue weighted by atomic mass is 16.3. The molecule has 1 saturated heterocycles. The number of aliphatic hydroxyl groups excluding tert-OH is 2. The molecule has 6 atom stereocenters. The zero-order chi connectivity index (χ0) is 22.2. The highest BCUT2D eigenvalue weighted by Gasteiger charge is 2.43. The molecule has 31 heavy (non-hydrogen) atoms. The van der Waals surface area contributed by atoms with Gasteiger partial charge >= 0.3 is 0 Å². The first-order chi connectivity index (χ1) is 15.0. The van der Waals surface area contributed by atoms with E-state index >= 15 is 0 Å². The highest BCUT2D eigenvalue weighted by Crippen LogP contribution is 2.47. The first-order valence-electron chi connectivity index (χ1n) is 12.7. The molecule has 3 N–H and O–H groups in total. The summed E-state index contributed by atoms with van der Waals surface area (Å²) in [5.74, 6) is 1.82. The smallest absolute Gasteiger partial charge is 0.223 e. The Balaban J connectivity index is 1.38. The van der Waals surface area contributed by atoms with Crippen molar-refractivity contribution in [2.24, 2.45) is 23.7 Å². The Morgan fingerprint density at radius 3 is 2.87 bits per heavy atom. The van der Waals surface area contributed by atoms with Gasteiger partial charge in [0.1, 0.15) is 0 Å². The van der Waals surface area contributed by atoms with Gasteiger partial charge in [-0.3, -0.25) is 4.79 Å². The van der Waals surface area contributed by atoms with Gasteiger partial charge in [0.25, 0.3) is 0 Å². The molecule has 0 aromatic rings. The molecular formula is C26H44N2O3. The molecule has 1 amide bonds. The molecule has 2 fully saturated rings. The monoisotopic (exact) mass is 432 g/mol. The van der Waals surface area contributed by atoms with Crippen LogP contribution in [0, 0.1) is 23.7 Å². The molecule has 0 unspecified atom stereocenters. The number of fused-ring (bicyclic) bond motifs is 1. The zero-order valence-corrected chi connectivity index (χ0v) is 19.6. The third-order valence-electron chi connectivity index (χ3n) is 7.53. The number of unbranched alkanes of at least 4 members (excludes halogenated alkanes) is 1. The lowest BCUT2D eigenvalue weighted by atomic mass is 9.88. The van der Waals surface area contributed by atoms with E-state index in [9.17, 15) is 15.0 Å². The summed E-state index contributed by atoms with van der Waals surface area (Å²) in [7, 11) is 0. The normalized spacial score (nSPS) is 30.1. The van der Waals surface area contributed by atoms with Crippen LogP contribution >= 0.6 is 0 Å². The van der Waals surface area contributed by atoms with Crippen molar-refractivity contribution in [3.63, 3.8) is 0 Å². The lowest BCUT2D eigenvalue weighted by molar-refractivity contribution is -0.130. The van der Waals surface area contributed by atoms with Crippen molar-refractivity contribution in [3.8, 4) is 0 Å². The summed E-state index contributed by atoms with van der Waals surface area (Å²) in [6.07, 6.45) is 14.7. The van der Waals surface area contributed by atoms with E-state index in [0.29, 0.717) is 24.2 Å². The van der Waals surface area contributed by atoms with Gasteiger partial charge in [0.05, 0.1) is 12.2 Å². The average Bonchev–Trinajstić information content (AvgIpc) is 3.45. The topological polar surface area (TPSA) is 72.8 Å². The average molecular weight is 433 g/mol. The van der Waals surface area contributed by atoms with E-state index in [1.807, 2.05) is 11.0 Å². The lowest BCUT2D eigenvalue weighted by Crippen LogP contribution is -2.31. The number of nitrogens with one attached hydrogen (secondary N) is 1. The van der Waals surface area contributed by atoms with Gasteiger partial charge in [-0.25, -0.2) is 0 Å². The first-order valence-corrected chi connectivity index (χ1v) is 12.7. The van der Waals surface area contributed by atoms with Crippen LogP contribution in [0.3, 0.4) is 0 Å². The standard InChI is InChI=1S/C26H44N2O3/c1-3-4-7-19(2)14-22(29)8-9-23-24-16-20(15-21(24)17-25(23)30)18-27-11-10-26(31)28-12-5-6-13-28/h8-9,15,19,21-25,27,29-30H,3-7,10-14,16-18H2,1-2H3/t19-,21-,22+,23+,24-,25+/m0/s1. The van der Waals surface area contributed by atoms with Crippen molar-refractivity contribution < 1.29 is 15.0 Å². The van der Waals surface area contributed by atoms with Gasteiger partial charge < -0.3 is 20.4 Å². The van der Waals surface area contributed by atoms with Crippen LogP contribution < -0.4 is 5.32 Å². The maximum absolute atomic E-state index is 12.1. The Labute approximate surface area is 189 Å². The molecule has 3 rings (SSSR count). The second kappa shape index (κ2) is 12.2. The van der Waals surface area contributed by atoms with Gasteiger partial charge in [-0.2, -0.15) is 0 Å². The lowest BCUT2D eigenvalue weighted by Gasteiger charge is -2.20. The summed E-state index contributed by atoms with van der Waals surface area (Å²) in [4.78, 5) is 14.1. The molecule has 1 saturated carbocycles. The second-order valence-corrected chi connectivity index (χ2v) is 10.2. The van der Waals surface area contributed by atoms with E-state index in [1.165, 1.54) is 24.8 Å². The minimum atomic E-state index is -0.415. The van der Waals surface area contributed by atoms with Crippen molar-refractivity contribution in [3.05, 3.63) is 23.8 Å². The first kappa shape index (κ1) is 24.5. The van der Waals surface area contributed by atoms with Crippen LogP contribution in [0.5, 0.6) is 0 Å². The number of hydrogen-bond donors (Lipinski definition) is 3. The quantitative estimate of drug-likeness (QED) is 0.325. The number of allylic oxidation sites excluding steroid dienone is 1. The SMILES string of the molecule is CCCC[C@H](C)C[C@H](O)C=C[C@@H]1[C@H]2CC(CNCCC(=O)N3CCCC3)=C[C@H]2C[C@H]1O. The van der Waals surface area contributed by atoms with Crippen LogP contribution in [0.1, 0.15) is 71.6 Å². The highest BCUT2D eigenvalue weighted by molar-refractivity contribution is 5.76. The largest absolute Gasteiger partial charge is 0.392 e. The van der Waals surface area contributed by atoms with Crippen molar-refractivity contribution >= 4 is 5.91 Å². The van der Waals surface area contributed by atoms with Crippen molar-refractivity contribution in [1.29, 1.82) is 0 Å². The summed E-state index contributed by atoms with van der Waals surface area (Å²) >= 11 is 0. The molecule has 0 aromatic carbocycles. The van der Waals surface area contributed by atoms with Crippen LogP contribution in [0.25, 0.3) is 0 Å². The number of amides is 1. The van der Waals surface area contributed by atoms with Crippen molar-refractivity contribution in [2.45, 2.75) is 83.8 Å². The van der Waals surface area contributed by atoms with Crippen LogP contribution in [0.15, 0.2) is 23.8 Å². The molecule has 2 aliphatic carbocycles. The molecule has 3 aliphatic rings. The maximum atomic E-state index is 12.1. The fourth-order valence-corrected chi connectivity index (χ4v) is 5.72. The Morgan fingerprint density at radius 2 is 2.13 bits per heavy atom. The van der Waals surface area contributed by atoms with Gasteiger partial charge in [-0.15, -0.1) is 0 Å². The number of rotatable bonds is 12. The van der Waals surface area contributed by atoms with Gasteiger partial charge in [0.15, 0.2) is 0 Å². The van der Waals surface area contributed by atoms with Crippen LogP contribution in [0.2, 0.25) is 0 Å². The van der Waals surface area contributed by atoms with Gasteiger partial charge in [-0.1, -0.05) is 56.9 Å². The summed E-state index contributed by atoms with van der Waals surface area (Å²) in [6.45, 7) is 7.84. The Bertz CT molecular complexity index is 626. The Hall–Kier alpha value is -1.17. The summed E-state index contributed by atoms with van der Waals surface area (Å²) in [5.41, 5.74) is 1.41. The van der Waals surface area contributed by atoms with Crippen LogP contribution in [-0.4, -0.2) is 59.4 Å². The van der Waals surface area contributed by atoms with Crippen LogP contribution in [-0.2, 0) is 4.79 Å². The van der Waals surface area contributed by atoms with Crippen molar-refractivity contribution in [1.82, 2.24) is 10.2 Å². The predicted molar refractivity (Wildman–Crippen MR) is 126 cm³/mol. The Kier molecular flexibility index (Phi) is 9.61. The molecule has 0 bridgehead atoms. The van der Waals surface area contributed by atoms with E-state index < -0.39 is 6.10 Å². The summed E-state index contributed by atoms with van der Waals surface area (Å²) in [5, 5.41) is 24.4. The number of carbonyl (C=O) groups is 1. The molecule has 0 spiro atoms. The molecule has 0 radical (unpaired) electrons. The molecule has 1 heterocycles. The van der Waals surface area contributed by atoms with E-state index in [1.54, 1.807) is 0 Å². The number of nitrogens with zero attached hydrogens (tertiary/aromatic N) is 1. The summed E-state index contributed by atoms with van der Waals surface area (Å²) in [6, 6.07) is 0. The fourth-order valence-electron chi connectivity index (χ4n) is 5.72. The second-order valence-electron chi connectivity index (χ2n) is 10.2. The number of hydrogen-bond acceptors (Lipinski definition) is 4. The van der Waals surface area contributed by atoms with E-state index in [0.717, 1.165) is 58.3 Å². The Morgan fingerprint density at radius 1 is 1.35 bits per heavy atom. The third-order valence-corrected chi connectivity index (χ3v) is 7.53. The minimum absolute atomic E-state index is 0.135.